The molecule has 0 fully saturated rings. The zero-order chi connectivity index (χ0) is 18.9. The number of rotatable bonds is 3. The fraction of sp³-hybridized carbons (Fsp3) is 0. The van der Waals surface area contributed by atoms with Gasteiger partial charge in [-0.05, 0) is 47.5 Å². The molecule has 26 heavy (non-hydrogen) atoms. The van der Waals surface area contributed by atoms with E-state index >= 15 is 0 Å². The molecular weight excluding hydrogens is 356 g/mol. The molecule has 1 heterocycles. The van der Waals surface area contributed by atoms with Crippen LogP contribution in [0.4, 0.5) is 5.69 Å². The SMILES string of the molecule is N#CC(=Cc1ccc(O)c(O)c1)C(=O)Nc1ccc2c(c1)S(=O)(=O)C=C2. The summed E-state index contributed by atoms with van der Waals surface area (Å²) in [5.74, 6) is -1.44. The van der Waals surface area contributed by atoms with Crippen LogP contribution in [0.3, 0.4) is 0 Å². The molecule has 1 aliphatic rings. The Bertz CT molecular complexity index is 1120. The van der Waals surface area contributed by atoms with Crippen LogP contribution in [0.15, 0.2) is 52.3 Å². The molecule has 0 saturated carbocycles. The summed E-state index contributed by atoms with van der Waals surface area (Å²) in [5.41, 5.74) is 0.846. The summed E-state index contributed by atoms with van der Waals surface area (Å²) in [6, 6.07) is 10.0. The second-order valence-corrected chi connectivity index (χ2v) is 7.27. The number of phenolic OH excluding ortho intramolecular Hbond substituents is 2. The van der Waals surface area contributed by atoms with Gasteiger partial charge in [0.1, 0.15) is 11.6 Å². The lowest BCUT2D eigenvalue weighted by molar-refractivity contribution is -0.112. The lowest BCUT2D eigenvalue weighted by atomic mass is 10.1. The minimum absolute atomic E-state index is 0.0845. The van der Waals surface area contributed by atoms with Crippen LogP contribution in [0.1, 0.15) is 11.1 Å². The molecule has 0 bridgehead atoms. The number of carbonyl (C=O) groups is 1. The Kier molecular flexibility index (Phi) is 4.24. The maximum atomic E-state index is 12.3. The summed E-state index contributed by atoms with van der Waals surface area (Å²) in [4.78, 5) is 12.4. The summed E-state index contributed by atoms with van der Waals surface area (Å²) in [6.45, 7) is 0. The summed E-state index contributed by atoms with van der Waals surface area (Å²) in [6.07, 6.45) is 2.70. The molecule has 3 N–H and O–H groups in total. The first-order valence-corrected chi connectivity index (χ1v) is 8.87. The molecule has 1 aliphatic heterocycles. The van der Waals surface area contributed by atoms with Gasteiger partial charge in [0.25, 0.3) is 5.91 Å². The number of sulfone groups is 1. The van der Waals surface area contributed by atoms with Crippen molar-refractivity contribution >= 4 is 33.6 Å². The minimum Gasteiger partial charge on any atom is -0.504 e. The smallest absolute Gasteiger partial charge is 0.266 e. The van der Waals surface area contributed by atoms with Gasteiger partial charge in [0, 0.05) is 11.1 Å². The predicted molar refractivity (Wildman–Crippen MR) is 94.7 cm³/mol. The lowest BCUT2D eigenvalue weighted by Gasteiger charge is -2.07. The van der Waals surface area contributed by atoms with Gasteiger partial charge in [-0.1, -0.05) is 12.1 Å². The van der Waals surface area contributed by atoms with Gasteiger partial charge in [-0.3, -0.25) is 4.79 Å². The van der Waals surface area contributed by atoms with E-state index in [4.69, 9.17) is 0 Å². The van der Waals surface area contributed by atoms with Crippen molar-refractivity contribution in [1.29, 1.82) is 5.26 Å². The predicted octanol–water partition coefficient (Wildman–Crippen LogP) is 2.40. The molecule has 3 rings (SSSR count). The van der Waals surface area contributed by atoms with Gasteiger partial charge < -0.3 is 15.5 Å². The van der Waals surface area contributed by atoms with Crippen LogP contribution >= 0.6 is 0 Å². The molecule has 0 atom stereocenters. The Morgan fingerprint density at radius 2 is 1.88 bits per heavy atom. The van der Waals surface area contributed by atoms with E-state index in [0.29, 0.717) is 11.1 Å². The fourth-order valence-corrected chi connectivity index (χ4v) is 3.60. The molecule has 2 aromatic rings. The van der Waals surface area contributed by atoms with Crippen molar-refractivity contribution in [2.45, 2.75) is 4.90 Å². The molecule has 0 aliphatic carbocycles. The highest BCUT2D eigenvalue weighted by Gasteiger charge is 2.21. The van der Waals surface area contributed by atoms with Crippen LogP contribution < -0.4 is 5.32 Å². The number of nitrogens with one attached hydrogen (secondary N) is 1. The molecule has 130 valence electrons. The summed E-state index contributed by atoms with van der Waals surface area (Å²) in [7, 11) is -3.51. The van der Waals surface area contributed by atoms with Crippen molar-refractivity contribution in [3.63, 3.8) is 0 Å². The van der Waals surface area contributed by atoms with Crippen molar-refractivity contribution in [3.05, 3.63) is 58.5 Å². The van der Waals surface area contributed by atoms with Crippen molar-refractivity contribution in [2.24, 2.45) is 0 Å². The number of phenols is 2. The number of nitriles is 1. The Balaban J connectivity index is 1.86. The molecule has 2 aromatic carbocycles. The Labute approximate surface area is 149 Å². The van der Waals surface area contributed by atoms with Crippen LogP contribution in [0, 0.1) is 11.3 Å². The van der Waals surface area contributed by atoms with E-state index in [1.165, 1.54) is 42.5 Å². The van der Waals surface area contributed by atoms with Gasteiger partial charge in [0.05, 0.1) is 4.90 Å². The maximum Gasteiger partial charge on any atom is 0.266 e. The first-order chi connectivity index (χ1) is 12.3. The summed E-state index contributed by atoms with van der Waals surface area (Å²) in [5, 5.41) is 31.5. The van der Waals surface area contributed by atoms with Crippen LogP contribution in [-0.2, 0) is 14.6 Å². The number of hydrogen-bond donors (Lipinski definition) is 3. The minimum atomic E-state index is -3.51. The van der Waals surface area contributed by atoms with Crippen molar-refractivity contribution < 1.29 is 23.4 Å². The van der Waals surface area contributed by atoms with Gasteiger partial charge in [0.15, 0.2) is 11.5 Å². The quantitative estimate of drug-likeness (QED) is 0.434. The molecule has 8 heteroatoms. The van der Waals surface area contributed by atoms with Gasteiger partial charge in [-0.25, -0.2) is 8.42 Å². The lowest BCUT2D eigenvalue weighted by Crippen LogP contribution is -2.13. The number of carbonyl (C=O) groups excluding carboxylic acids is 1. The van der Waals surface area contributed by atoms with Crippen LogP contribution in [0.25, 0.3) is 12.2 Å². The van der Waals surface area contributed by atoms with E-state index in [9.17, 15) is 28.7 Å². The first-order valence-electron chi connectivity index (χ1n) is 7.32. The van der Waals surface area contributed by atoms with Crippen LogP contribution in [0.2, 0.25) is 0 Å². The second-order valence-electron chi connectivity index (χ2n) is 5.47. The molecule has 0 radical (unpaired) electrons. The third-order valence-corrected chi connectivity index (χ3v) is 5.14. The van der Waals surface area contributed by atoms with Crippen molar-refractivity contribution in [2.75, 3.05) is 5.32 Å². The van der Waals surface area contributed by atoms with E-state index in [1.807, 2.05) is 0 Å². The van der Waals surface area contributed by atoms with E-state index in [2.05, 4.69) is 5.32 Å². The summed E-state index contributed by atoms with van der Waals surface area (Å²) < 4.78 is 23.7. The van der Waals surface area contributed by atoms with E-state index in [-0.39, 0.29) is 27.7 Å². The maximum absolute atomic E-state index is 12.3. The molecular formula is C18H12N2O5S. The van der Waals surface area contributed by atoms with E-state index < -0.39 is 15.7 Å². The van der Waals surface area contributed by atoms with Gasteiger partial charge in [-0.2, -0.15) is 5.26 Å². The first kappa shape index (κ1) is 17.3. The monoisotopic (exact) mass is 368 g/mol. The zero-order valence-corrected chi connectivity index (χ0v) is 14.0. The van der Waals surface area contributed by atoms with Crippen molar-refractivity contribution in [1.82, 2.24) is 0 Å². The topological polar surface area (TPSA) is 127 Å². The zero-order valence-electron chi connectivity index (χ0n) is 13.2. The van der Waals surface area contributed by atoms with E-state index in [0.717, 1.165) is 5.41 Å². The fourth-order valence-electron chi connectivity index (χ4n) is 2.38. The number of anilines is 1. The molecule has 0 unspecified atom stereocenters. The highest BCUT2D eigenvalue weighted by molar-refractivity contribution is 7.94. The molecule has 0 aromatic heterocycles. The van der Waals surface area contributed by atoms with Gasteiger partial charge >= 0.3 is 0 Å². The number of fused-ring (bicyclic) bond motifs is 1. The largest absolute Gasteiger partial charge is 0.504 e. The third-order valence-electron chi connectivity index (χ3n) is 3.68. The highest BCUT2D eigenvalue weighted by atomic mass is 32.2. The van der Waals surface area contributed by atoms with Gasteiger partial charge in [-0.15, -0.1) is 0 Å². The molecule has 0 saturated heterocycles. The highest BCUT2D eigenvalue weighted by Crippen LogP contribution is 2.29. The number of nitrogens with zero attached hydrogens (tertiary/aromatic N) is 1. The molecule has 0 spiro atoms. The normalized spacial score (nSPS) is 14.5. The third kappa shape index (κ3) is 3.29. The van der Waals surface area contributed by atoms with Gasteiger partial charge in [0.2, 0.25) is 9.84 Å². The number of hydrogen-bond acceptors (Lipinski definition) is 6. The standard InChI is InChI=1S/C18H12N2O5S/c19-10-13(7-11-1-4-15(21)16(22)8-11)18(23)20-14-3-2-12-5-6-26(24,25)17(12)9-14/h1-9,21-22H,(H,20,23). The number of benzene rings is 2. The van der Waals surface area contributed by atoms with Crippen LogP contribution in [-0.4, -0.2) is 24.5 Å². The van der Waals surface area contributed by atoms with Crippen LogP contribution in [0.5, 0.6) is 11.5 Å². The molecule has 1 amide bonds. The average molecular weight is 368 g/mol. The van der Waals surface area contributed by atoms with E-state index in [1.54, 1.807) is 12.1 Å². The van der Waals surface area contributed by atoms with Crippen molar-refractivity contribution in [3.8, 4) is 17.6 Å². The Morgan fingerprint density at radius 3 is 2.58 bits per heavy atom. The Hall–Kier alpha value is -3.57. The summed E-state index contributed by atoms with van der Waals surface area (Å²) >= 11 is 0. The number of aromatic hydroxyl groups is 2. The average Bonchev–Trinajstić information content (AvgIpc) is 2.90. The second kappa shape index (κ2) is 6.38. The number of amides is 1. The molecule has 7 nitrogen and oxygen atoms in total. The Morgan fingerprint density at radius 1 is 1.12 bits per heavy atom.